The Hall–Kier alpha value is -3.18. The first-order chi connectivity index (χ1) is 16.9. The Labute approximate surface area is 219 Å². The van der Waals surface area contributed by atoms with Crippen LogP contribution in [0.2, 0.25) is 0 Å². The highest BCUT2D eigenvalue weighted by molar-refractivity contribution is 14.1. The SMILES string of the molecule is CCOc1cc(/C=C2\SC(=O)N(Cc3ccc(F)cc3)C2=O)cc(I)c1OC(=O)c1ccccc1. The zero-order chi connectivity index (χ0) is 24.9. The van der Waals surface area contributed by atoms with E-state index in [9.17, 15) is 18.8 Å². The molecule has 0 bridgehead atoms. The number of imide groups is 1. The molecular weight excluding hydrogens is 584 g/mol. The number of hydrogen-bond acceptors (Lipinski definition) is 6. The van der Waals surface area contributed by atoms with Gasteiger partial charge in [0.15, 0.2) is 11.5 Å². The van der Waals surface area contributed by atoms with E-state index in [4.69, 9.17) is 9.47 Å². The fourth-order valence-electron chi connectivity index (χ4n) is 3.32. The highest BCUT2D eigenvalue weighted by Crippen LogP contribution is 2.38. The van der Waals surface area contributed by atoms with Crippen molar-refractivity contribution in [2.45, 2.75) is 13.5 Å². The molecule has 0 atom stereocenters. The molecule has 6 nitrogen and oxygen atoms in total. The van der Waals surface area contributed by atoms with Gasteiger partial charge in [-0.3, -0.25) is 14.5 Å². The summed E-state index contributed by atoms with van der Waals surface area (Å²) in [6, 6.07) is 17.7. The number of carbonyl (C=O) groups excluding carboxylic acids is 3. The van der Waals surface area contributed by atoms with Crippen LogP contribution in [0.15, 0.2) is 71.6 Å². The number of nitrogens with zero attached hydrogens (tertiary/aromatic N) is 1. The lowest BCUT2D eigenvalue weighted by atomic mass is 10.1. The lowest BCUT2D eigenvalue weighted by Crippen LogP contribution is -2.27. The number of hydrogen-bond donors (Lipinski definition) is 0. The molecule has 1 aliphatic rings. The van der Waals surface area contributed by atoms with Gasteiger partial charge in [0, 0.05) is 0 Å². The van der Waals surface area contributed by atoms with Crippen LogP contribution >= 0.6 is 34.4 Å². The Bertz CT molecular complexity index is 1310. The summed E-state index contributed by atoms with van der Waals surface area (Å²) in [5.41, 5.74) is 1.67. The van der Waals surface area contributed by atoms with Crippen molar-refractivity contribution in [2.24, 2.45) is 0 Å². The summed E-state index contributed by atoms with van der Waals surface area (Å²) < 4.78 is 25.1. The van der Waals surface area contributed by atoms with Crippen molar-refractivity contribution in [1.29, 1.82) is 0 Å². The lowest BCUT2D eigenvalue weighted by molar-refractivity contribution is -0.123. The van der Waals surface area contributed by atoms with Gasteiger partial charge in [0.25, 0.3) is 11.1 Å². The first-order valence-electron chi connectivity index (χ1n) is 10.6. The number of ether oxygens (including phenoxy) is 2. The zero-order valence-corrected chi connectivity index (χ0v) is 21.5. The number of carbonyl (C=O) groups is 3. The Balaban J connectivity index is 1.58. The minimum absolute atomic E-state index is 0.0540. The average molecular weight is 603 g/mol. The molecule has 0 radical (unpaired) electrons. The van der Waals surface area contributed by atoms with E-state index in [0.717, 1.165) is 16.7 Å². The van der Waals surface area contributed by atoms with Crippen molar-refractivity contribution < 1.29 is 28.2 Å². The Kier molecular flexibility index (Phi) is 7.86. The third kappa shape index (κ3) is 5.91. The second-order valence-electron chi connectivity index (χ2n) is 7.41. The number of thioether (sulfide) groups is 1. The van der Waals surface area contributed by atoms with Gasteiger partial charge in [-0.2, -0.15) is 0 Å². The van der Waals surface area contributed by atoms with Crippen molar-refractivity contribution in [2.75, 3.05) is 6.61 Å². The number of amides is 2. The first-order valence-corrected chi connectivity index (χ1v) is 12.5. The molecule has 3 aromatic rings. The summed E-state index contributed by atoms with van der Waals surface area (Å²) in [5, 5.41) is -0.404. The van der Waals surface area contributed by atoms with Crippen LogP contribution in [0.5, 0.6) is 11.5 Å². The Morgan fingerprint density at radius 2 is 1.80 bits per heavy atom. The molecule has 0 N–H and O–H groups in total. The van der Waals surface area contributed by atoms with Gasteiger partial charge in [-0.1, -0.05) is 30.3 Å². The van der Waals surface area contributed by atoms with Gasteiger partial charge in [0.2, 0.25) is 0 Å². The average Bonchev–Trinajstić information content (AvgIpc) is 3.10. The molecule has 0 saturated carbocycles. The van der Waals surface area contributed by atoms with Crippen molar-refractivity contribution in [3.8, 4) is 11.5 Å². The maximum atomic E-state index is 13.2. The molecule has 0 spiro atoms. The van der Waals surface area contributed by atoms with Crippen LogP contribution in [0.1, 0.15) is 28.4 Å². The highest BCUT2D eigenvalue weighted by atomic mass is 127. The van der Waals surface area contributed by atoms with Crippen LogP contribution in [0.25, 0.3) is 6.08 Å². The molecule has 1 aliphatic heterocycles. The summed E-state index contributed by atoms with van der Waals surface area (Å²) in [7, 11) is 0. The minimum atomic E-state index is -0.515. The summed E-state index contributed by atoms with van der Waals surface area (Å²) in [4.78, 5) is 39.3. The van der Waals surface area contributed by atoms with E-state index in [0.29, 0.717) is 32.6 Å². The van der Waals surface area contributed by atoms with Crippen LogP contribution in [0.3, 0.4) is 0 Å². The summed E-state index contributed by atoms with van der Waals surface area (Å²) in [6.07, 6.45) is 1.60. The smallest absolute Gasteiger partial charge is 0.343 e. The summed E-state index contributed by atoms with van der Waals surface area (Å²) in [6.45, 7) is 2.20. The summed E-state index contributed by atoms with van der Waals surface area (Å²) in [5.74, 6) is -0.709. The van der Waals surface area contributed by atoms with E-state index in [1.807, 2.05) is 35.6 Å². The number of benzene rings is 3. The van der Waals surface area contributed by atoms with Gasteiger partial charge in [-0.25, -0.2) is 9.18 Å². The standard InChI is InChI=1S/C26H19FINO5S/c1-2-33-21-13-17(12-20(28)23(21)34-25(31)18-6-4-3-5-7-18)14-22-24(30)29(26(32)35-22)15-16-8-10-19(27)11-9-16/h3-14H,2,15H2,1H3/b22-14-. The van der Waals surface area contributed by atoms with Crippen LogP contribution < -0.4 is 9.47 Å². The Morgan fingerprint density at radius 1 is 1.09 bits per heavy atom. The number of halogens is 2. The fraction of sp³-hybridized carbons (Fsp3) is 0.115. The maximum Gasteiger partial charge on any atom is 0.343 e. The monoisotopic (exact) mass is 603 g/mol. The molecule has 1 fully saturated rings. The largest absolute Gasteiger partial charge is 0.490 e. The van der Waals surface area contributed by atoms with E-state index in [2.05, 4.69) is 0 Å². The third-order valence-corrected chi connectivity index (χ3v) is 6.67. The van der Waals surface area contributed by atoms with Gasteiger partial charge in [-0.05, 0) is 94.9 Å². The molecular formula is C26H19FINO5S. The molecule has 1 saturated heterocycles. The second kappa shape index (κ2) is 11.0. The van der Waals surface area contributed by atoms with Gasteiger partial charge < -0.3 is 9.47 Å². The molecule has 2 amide bonds. The van der Waals surface area contributed by atoms with Gasteiger partial charge in [0.05, 0.1) is 27.2 Å². The van der Waals surface area contributed by atoms with Crippen molar-refractivity contribution in [3.63, 3.8) is 0 Å². The van der Waals surface area contributed by atoms with Crippen LogP contribution in [0, 0.1) is 9.39 Å². The van der Waals surface area contributed by atoms with Crippen molar-refractivity contribution in [3.05, 3.63) is 97.7 Å². The molecule has 0 unspecified atom stereocenters. The van der Waals surface area contributed by atoms with E-state index >= 15 is 0 Å². The maximum absolute atomic E-state index is 13.2. The summed E-state index contributed by atoms with van der Waals surface area (Å²) >= 11 is 2.87. The molecule has 0 aromatic heterocycles. The molecule has 35 heavy (non-hydrogen) atoms. The fourth-order valence-corrected chi connectivity index (χ4v) is 4.89. The second-order valence-corrected chi connectivity index (χ2v) is 9.57. The number of esters is 1. The van der Waals surface area contributed by atoms with Gasteiger partial charge in [-0.15, -0.1) is 0 Å². The van der Waals surface area contributed by atoms with E-state index in [1.54, 1.807) is 42.5 Å². The van der Waals surface area contributed by atoms with E-state index in [1.165, 1.54) is 24.3 Å². The predicted molar refractivity (Wildman–Crippen MR) is 140 cm³/mol. The Morgan fingerprint density at radius 3 is 2.49 bits per heavy atom. The van der Waals surface area contributed by atoms with Crippen LogP contribution in [-0.4, -0.2) is 28.6 Å². The van der Waals surface area contributed by atoms with Crippen LogP contribution in [-0.2, 0) is 11.3 Å². The molecule has 178 valence electrons. The third-order valence-electron chi connectivity index (χ3n) is 4.96. The number of rotatable bonds is 7. The van der Waals surface area contributed by atoms with Crippen molar-refractivity contribution in [1.82, 2.24) is 4.90 Å². The van der Waals surface area contributed by atoms with Gasteiger partial charge in [0.1, 0.15) is 5.82 Å². The first kappa shape index (κ1) is 24.9. The quantitative estimate of drug-likeness (QED) is 0.137. The van der Waals surface area contributed by atoms with E-state index < -0.39 is 17.1 Å². The molecule has 1 heterocycles. The highest BCUT2D eigenvalue weighted by Gasteiger charge is 2.35. The molecule has 4 rings (SSSR count). The lowest BCUT2D eigenvalue weighted by Gasteiger charge is -2.14. The minimum Gasteiger partial charge on any atom is -0.490 e. The van der Waals surface area contributed by atoms with E-state index in [-0.39, 0.29) is 23.0 Å². The zero-order valence-electron chi connectivity index (χ0n) is 18.5. The molecule has 0 aliphatic carbocycles. The molecule has 3 aromatic carbocycles. The topological polar surface area (TPSA) is 72.9 Å². The molecule has 9 heteroatoms. The normalized spacial score (nSPS) is 14.5. The van der Waals surface area contributed by atoms with Gasteiger partial charge >= 0.3 is 5.97 Å². The van der Waals surface area contributed by atoms with Crippen LogP contribution in [0.4, 0.5) is 9.18 Å². The van der Waals surface area contributed by atoms with Crippen molar-refractivity contribution >= 4 is 57.5 Å². The predicted octanol–water partition coefficient (Wildman–Crippen LogP) is 6.28.